The molecule has 0 amide bonds. The van der Waals surface area contributed by atoms with E-state index in [0.29, 0.717) is 26.4 Å². The van der Waals surface area contributed by atoms with Gasteiger partial charge in [-0.25, -0.2) is 0 Å². The summed E-state index contributed by atoms with van der Waals surface area (Å²) < 4.78 is 10.0. The molecule has 0 aromatic carbocycles. The van der Waals surface area contributed by atoms with E-state index < -0.39 is 6.10 Å². The van der Waals surface area contributed by atoms with Gasteiger partial charge in [0.2, 0.25) is 0 Å². The Labute approximate surface area is 98.3 Å². The third-order valence-corrected chi connectivity index (χ3v) is 2.05. The van der Waals surface area contributed by atoms with Gasteiger partial charge < -0.3 is 19.9 Å². The van der Waals surface area contributed by atoms with Crippen LogP contribution in [0.5, 0.6) is 0 Å². The molecule has 0 heterocycles. The average Bonchev–Trinajstić information content (AvgIpc) is 2.29. The minimum absolute atomic E-state index is 0.348. The first-order chi connectivity index (χ1) is 7.81. The van der Waals surface area contributed by atoms with Gasteiger partial charge in [0.25, 0.3) is 0 Å². The van der Waals surface area contributed by atoms with Crippen molar-refractivity contribution in [3.63, 3.8) is 0 Å². The van der Waals surface area contributed by atoms with E-state index in [1.54, 1.807) is 7.11 Å². The van der Waals surface area contributed by atoms with Gasteiger partial charge in [0.05, 0.1) is 25.9 Å². The number of ether oxygens (including phenoxy) is 2. The van der Waals surface area contributed by atoms with Crippen molar-refractivity contribution in [1.82, 2.24) is 5.32 Å². The zero-order valence-corrected chi connectivity index (χ0v) is 10.1. The summed E-state index contributed by atoms with van der Waals surface area (Å²) in [6.07, 6.45) is 7.58. The number of unbranched alkanes of at least 4 members (excludes halogenated alkanes) is 2. The largest absolute Gasteiger partial charge is 0.389 e. The van der Waals surface area contributed by atoms with Crippen LogP contribution < -0.4 is 5.32 Å². The smallest absolute Gasteiger partial charge is 0.0897 e. The van der Waals surface area contributed by atoms with Crippen molar-refractivity contribution in [2.75, 3.05) is 40.0 Å². The molecule has 0 rings (SSSR count). The highest BCUT2D eigenvalue weighted by atomic mass is 16.5. The molecular formula is C12H23NO3. The SMILES string of the molecule is C#CCCCCNCC(O)COCCOC. The molecule has 94 valence electrons. The van der Waals surface area contributed by atoms with Crippen LogP contribution in [0.2, 0.25) is 0 Å². The summed E-state index contributed by atoms with van der Waals surface area (Å²) in [6, 6.07) is 0. The number of methoxy groups -OCH3 is 1. The van der Waals surface area contributed by atoms with Crippen molar-refractivity contribution in [3.8, 4) is 12.3 Å². The highest BCUT2D eigenvalue weighted by molar-refractivity contribution is 4.82. The van der Waals surface area contributed by atoms with Gasteiger partial charge in [-0.3, -0.25) is 0 Å². The Bertz CT molecular complexity index is 180. The molecule has 0 aliphatic rings. The van der Waals surface area contributed by atoms with Gasteiger partial charge in [0, 0.05) is 20.1 Å². The number of nitrogens with one attached hydrogen (secondary N) is 1. The molecule has 0 aromatic rings. The van der Waals surface area contributed by atoms with Crippen LogP contribution >= 0.6 is 0 Å². The number of hydrogen-bond donors (Lipinski definition) is 2. The second-order valence-electron chi connectivity index (χ2n) is 3.59. The molecule has 1 unspecified atom stereocenters. The van der Waals surface area contributed by atoms with Crippen molar-refractivity contribution in [3.05, 3.63) is 0 Å². The standard InChI is InChI=1S/C12H23NO3/c1-3-4-5-6-7-13-10-12(14)11-16-9-8-15-2/h1,12-14H,4-11H2,2H3. The lowest BCUT2D eigenvalue weighted by atomic mass is 10.2. The molecule has 0 fully saturated rings. The van der Waals surface area contributed by atoms with Crippen molar-refractivity contribution in [2.24, 2.45) is 0 Å². The summed E-state index contributed by atoms with van der Waals surface area (Å²) in [4.78, 5) is 0. The Morgan fingerprint density at radius 3 is 2.88 bits per heavy atom. The van der Waals surface area contributed by atoms with Crippen molar-refractivity contribution < 1.29 is 14.6 Å². The van der Waals surface area contributed by atoms with Crippen molar-refractivity contribution in [2.45, 2.75) is 25.4 Å². The van der Waals surface area contributed by atoms with Crippen LogP contribution in [0, 0.1) is 12.3 Å². The fraction of sp³-hybridized carbons (Fsp3) is 0.833. The molecule has 4 nitrogen and oxygen atoms in total. The normalized spacial score (nSPS) is 12.3. The maximum atomic E-state index is 9.49. The Morgan fingerprint density at radius 2 is 2.19 bits per heavy atom. The lowest BCUT2D eigenvalue weighted by molar-refractivity contribution is 0.0138. The minimum atomic E-state index is -0.454. The molecular weight excluding hydrogens is 206 g/mol. The van der Waals surface area contributed by atoms with Gasteiger partial charge in [-0.1, -0.05) is 0 Å². The van der Waals surface area contributed by atoms with Crippen molar-refractivity contribution >= 4 is 0 Å². The molecule has 0 aliphatic heterocycles. The van der Waals surface area contributed by atoms with E-state index in [0.717, 1.165) is 25.8 Å². The molecule has 0 aromatic heterocycles. The first-order valence-electron chi connectivity index (χ1n) is 5.70. The highest BCUT2D eigenvalue weighted by Gasteiger charge is 2.02. The molecule has 0 radical (unpaired) electrons. The quantitative estimate of drug-likeness (QED) is 0.398. The molecule has 2 N–H and O–H groups in total. The molecule has 1 atom stereocenters. The number of terminal acetylenes is 1. The van der Waals surface area contributed by atoms with Gasteiger partial charge in [0.1, 0.15) is 0 Å². The van der Waals surface area contributed by atoms with Crippen LogP contribution in [0.25, 0.3) is 0 Å². The van der Waals surface area contributed by atoms with Crippen LogP contribution in [0.15, 0.2) is 0 Å². The first kappa shape index (κ1) is 15.4. The van der Waals surface area contributed by atoms with Gasteiger partial charge >= 0.3 is 0 Å². The predicted octanol–water partition coefficient (Wildman–Crippen LogP) is 0.403. The van der Waals surface area contributed by atoms with Gasteiger partial charge in [-0.2, -0.15) is 0 Å². The molecule has 0 spiro atoms. The number of rotatable bonds is 11. The predicted molar refractivity (Wildman–Crippen MR) is 64.3 cm³/mol. The second-order valence-corrected chi connectivity index (χ2v) is 3.59. The lowest BCUT2D eigenvalue weighted by Crippen LogP contribution is -2.31. The third kappa shape index (κ3) is 11.5. The number of aliphatic hydroxyl groups excluding tert-OH is 1. The summed E-state index contributed by atoms with van der Waals surface area (Å²) in [6.45, 7) is 2.88. The summed E-state index contributed by atoms with van der Waals surface area (Å²) in [7, 11) is 1.62. The first-order valence-corrected chi connectivity index (χ1v) is 5.70. The number of hydrogen-bond acceptors (Lipinski definition) is 4. The molecule has 0 aliphatic carbocycles. The van der Waals surface area contributed by atoms with Crippen LogP contribution in [0.1, 0.15) is 19.3 Å². The second kappa shape index (κ2) is 12.5. The fourth-order valence-corrected chi connectivity index (χ4v) is 1.17. The highest BCUT2D eigenvalue weighted by Crippen LogP contribution is 1.91. The average molecular weight is 229 g/mol. The Kier molecular flexibility index (Phi) is 12.0. The third-order valence-electron chi connectivity index (χ3n) is 2.05. The lowest BCUT2D eigenvalue weighted by Gasteiger charge is -2.11. The molecule has 16 heavy (non-hydrogen) atoms. The maximum absolute atomic E-state index is 9.49. The summed E-state index contributed by atoms with van der Waals surface area (Å²) in [5.41, 5.74) is 0. The van der Waals surface area contributed by atoms with E-state index in [9.17, 15) is 5.11 Å². The molecule has 0 saturated heterocycles. The topological polar surface area (TPSA) is 50.7 Å². The van der Waals surface area contributed by atoms with E-state index in [4.69, 9.17) is 15.9 Å². The summed E-state index contributed by atoms with van der Waals surface area (Å²) in [5, 5.41) is 12.6. The van der Waals surface area contributed by atoms with E-state index in [1.165, 1.54) is 0 Å². The van der Waals surface area contributed by atoms with Gasteiger partial charge in [0.15, 0.2) is 0 Å². The fourth-order valence-electron chi connectivity index (χ4n) is 1.17. The zero-order chi connectivity index (χ0) is 12.1. The molecule has 0 bridgehead atoms. The summed E-state index contributed by atoms with van der Waals surface area (Å²) in [5.74, 6) is 2.60. The Hall–Kier alpha value is -0.600. The van der Waals surface area contributed by atoms with Crippen LogP contribution in [0.3, 0.4) is 0 Å². The van der Waals surface area contributed by atoms with E-state index in [-0.39, 0.29) is 0 Å². The van der Waals surface area contributed by atoms with Gasteiger partial charge in [-0.15, -0.1) is 12.3 Å². The van der Waals surface area contributed by atoms with Crippen LogP contribution in [0.4, 0.5) is 0 Å². The Balaban J connectivity index is 3.11. The zero-order valence-electron chi connectivity index (χ0n) is 10.1. The van der Waals surface area contributed by atoms with E-state index in [1.807, 2.05) is 0 Å². The maximum Gasteiger partial charge on any atom is 0.0897 e. The molecule has 4 heteroatoms. The van der Waals surface area contributed by atoms with Crippen LogP contribution in [-0.4, -0.2) is 51.2 Å². The number of aliphatic hydroxyl groups is 1. The summed E-state index contributed by atoms with van der Waals surface area (Å²) >= 11 is 0. The van der Waals surface area contributed by atoms with Crippen LogP contribution in [-0.2, 0) is 9.47 Å². The monoisotopic (exact) mass is 229 g/mol. The van der Waals surface area contributed by atoms with Crippen molar-refractivity contribution in [1.29, 1.82) is 0 Å². The Morgan fingerprint density at radius 1 is 1.38 bits per heavy atom. The molecule has 0 saturated carbocycles. The van der Waals surface area contributed by atoms with E-state index >= 15 is 0 Å². The van der Waals surface area contributed by atoms with E-state index in [2.05, 4.69) is 11.2 Å². The van der Waals surface area contributed by atoms with Gasteiger partial charge in [-0.05, 0) is 19.4 Å². The minimum Gasteiger partial charge on any atom is -0.389 e.